The molecule has 0 saturated heterocycles. The Labute approximate surface area is 83.6 Å². The molecule has 0 bridgehead atoms. The Hall–Kier alpha value is 0.256. The molecule has 0 amide bonds. The van der Waals surface area contributed by atoms with E-state index in [9.17, 15) is 0 Å². The molecule has 0 aromatic rings. The molecule has 7 heavy (non-hydrogen) atoms. The minimum Gasteiger partial charge on any atom is -1.00 e. The van der Waals surface area contributed by atoms with Crippen molar-refractivity contribution >= 4 is 0 Å². The number of rotatable bonds is 0. The average molecular weight is 128 g/mol. The van der Waals surface area contributed by atoms with Crippen molar-refractivity contribution in [3.63, 3.8) is 0 Å². The maximum atomic E-state index is 5.50. The average Bonchev–Trinajstić information content (AvgIpc) is 1.39. The number of hydrogen-bond donors (Lipinski definition) is 4. The summed E-state index contributed by atoms with van der Waals surface area (Å²) in [4.78, 5) is 4.00. The van der Waals surface area contributed by atoms with Crippen LogP contribution in [0.25, 0.3) is 0 Å². The predicted octanol–water partition coefficient (Wildman–Crippen LogP) is -2.65. The molecular formula is H5KN6+2. The molecule has 0 aliphatic heterocycles. The van der Waals surface area contributed by atoms with Crippen molar-refractivity contribution in [2.75, 3.05) is 0 Å². The summed E-state index contributed by atoms with van der Waals surface area (Å²) in [5.41, 5.74) is 22.0. The first kappa shape index (κ1) is 15.7. The molecule has 0 aromatic heterocycles. The molecule has 0 spiro atoms. The van der Waals surface area contributed by atoms with Gasteiger partial charge >= 0.3 is 51.4 Å². The monoisotopic (exact) mass is 128 g/mol. The molecule has 34 valence electrons. The summed E-state index contributed by atoms with van der Waals surface area (Å²) in [5, 5.41) is 0. The van der Waals surface area contributed by atoms with E-state index in [0.29, 0.717) is 0 Å². The van der Waals surface area contributed by atoms with Crippen LogP contribution in [0.15, 0.2) is 0 Å². The molecule has 0 radical (unpaired) electrons. The third-order valence-electron chi connectivity index (χ3n) is 0. The number of nitrogens with zero attached hydrogens (tertiary/aromatic N) is 2. The van der Waals surface area contributed by atoms with E-state index in [1.807, 2.05) is 9.82 Å². The van der Waals surface area contributed by atoms with Gasteiger partial charge < -0.3 is 1.43 Å². The van der Waals surface area contributed by atoms with Gasteiger partial charge in [-0.25, -0.2) is 0 Å². The van der Waals surface area contributed by atoms with Gasteiger partial charge in [-0.15, -0.1) is 0 Å². The fourth-order valence-corrected chi connectivity index (χ4v) is 0. The van der Waals surface area contributed by atoms with E-state index in [-0.39, 0.29) is 52.8 Å². The Kier molecular flexibility index (Phi) is 76.0. The van der Waals surface area contributed by atoms with Gasteiger partial charge in [0.25, 0.3) is 0 Å². The minimum absolute atomic E-state index is 0. The smallest absolute Gasteiger partial charge is 1.00 e. The van der Waals surface area contributed by atoms with E-state index in [1.54, 1.807) is 0 Å². The number of nitrogens with one attached hydrogen (secondary N) is 4. The van der Waals surface area contributed by atoms with Crippen molar-refractivity contribution in [1.29, 1.82) is 22.1 Å². The molecule has 0 unspecified atom stereocenters. The Bertz CT molecular complexity index is 62.5. The molecule has 0 atom stereocenters. The van der Waals surface area contributed by atoms with E-state index in [1.165, 1.54) is 0 Å². The van der Waals surface area contributed by atoms with Crippen LogP contribution in [0.4, 0.5) is 0 Å². The van der Waals surface area contributed by atoms with Crippen molar-refractivity contribution in [2.24, 2.45) is 0 Å². The van der Waals surface area contributed by atoms with Crippen LogP contribution in [0.5, 0.6) is 0 Å². The third-order valence-corrected chi connectivity index (χ3v) is 0. The zero-order valence-electron chi connectivity index (χ0n) is 4.89. The zero-order chi connectivity index (χ0) is 5.41. The Morgan fingerprint density at radius 3 is 0.857 bits per heavy atom. The molecule has 0 rings (SSSR count). The first-order chi connectivity index (χ1) is 2.83. The van der Waals surface area contributed by atoms with E-state index in [0.717, 1.165) is 0 Å². The molecule has 7 heteroatoms. The molecule has 0 saturated carbocycles. The number of hydrogen-bond acceptors (Lipinski definition) is 4. The van der Waals surface area contributed by atoms with Crippen molar-refractivity contribution in [2.45, 2.75) is 0 Å². The van der Waals surface area contributed by atoms with Gasteiger partial charge in [0.1, 0.15) is 22.1 Å². The van der Waals surface area contributed by atoms with E-state index < -0.39 is 0 Å². The minimum atomic E-state index is 0. The molecular weight excluding hydrogens is 123 g/mol. The zero-order valence-corrected chi connectivity index (χ0v) is 7.02. The maximum absolute atomic E-state index is 5.50. The molecule has 0 aromatic carbocycles. The topological polar surface area (TPSA) is 124 Å². The second kappa shape index (κ2) is 34.0. The van der Waals surface area contributed by atoms with Crippen molar-refractivity contribution in [1.82, 2.24) is 9.82 Å². The van der Waals surface area contributed by atoms with Crippen LogP contribution in [-0.2, 0) is 0 Å². The standard InChI is InChI=1S/K.2H2N3.H/c;2*1-3-2;/h;2*1-2H;/q3*+1;-1. The van der Waals surface area contributed by atoms with E-state index in [2.05, 4.69) is 0 Å². The fraction of sp³-hybridized carbons (Fsp3) is 0. The van der Waals surface area contributed by atoms with Crippen LogP contribution in [0, 0.1) is 22.1 Å². The van der Waals surface area contributed by atoms with E-state index >= 15 is 0 Å². The van der Waals surface area contributed by atoms with Gasteiger partial charge in [0.2, 0.25) is 9.82 Å². The van der Waals surface area contributed by atoms with Gasteiger partial charge in [0.05, 0.1) is 0 Å². The molecule has 0 aliphatic rings. The van der Waals surface area contributed by atoms with Gasteiger partial charge in [-0.1, -0.05) is 0 Å². The van der Waals surface area contributed by atoms with Gasteiger partial charge in [-0.3, -0.25) is 0 Å². The first-order valence-electron chi connectivity index (χ1n) is 0.894. The van der Waals surface area contributed by atoms with Crippen LogP contribution < -0.4 is 61.2 Å². The van der Waals surface area contributed by atoms with Crippen molar-refractivity contribution < 1.29 is 52.8 Å². The quantitative estimate of drug-likeness (QED) is 0.154. The molecule has 0 aliphatic carbocycles. The van der Waals surface area contributed by atoms with E-state index in [4.69, 9.17) is 22.1 Å². The van der Waals surface area contributed by atoms with Gasteiger partial charge in [0.15, 0.2) is 0 Å². The Balaban J connectivity index is -0.0000000160. The summed E-state index contributed by atoms with van der Waals surface area (Å²) < 4.78 is 0. The summed E-state index contributed by atoms with van der Waals surface area (Å²) in [6.45, 7) is 0. The Morgan fingerprint density at radius 2 is 0.857 bits per heavy atom. The van der Waals surface area contributed by atoms with Crippen LogP contribution in [0.3, 0.4) is 0 Å². The van der Waals surface area contributed by atoms with Gasteiger partial charge in [-0.2, -0.15) is 0 Å². The molecule has 0 fully saturated rings. The normalized spacial score (nSPS) is 2.29. The Morgan fingerprint density at radius 1 is 0.857 bits per heavy atom. The van der Waals surface area contributed by atoms with Crippen LogP contribution in [0.1, 0.15) is 1.43 Å². The van der Waals surface area contributed by atoms with Crippen molar-refractivity contribution in [3.8, 4) is 0 Å². The van der Waals surface area contributed by atoms with Gasteiger partial charge in [-0.05, 0) is 0 Å². The summed E-state index contributed by atoms with van der Waals surface area (Å²) >= 11 is 0. The predicted molar refractivity (Wildman–Crippen MR) is 16.3 cm³/mol. The second-order valence-electron chi connectivity index (χ2n) is 0.224. The van der Waals surface area contributed by atoms with Crippen LogP contribution in [-0.4, -0.2) is 0 Å². The fourth-order valence-electron chi connectivity index (χ4n) is 0. The van der Waals surface area contributed by atoms with Gasteiger partial charge in [0, 0.05) is 0 Å². The maximum Gasteiger partial charge on any atom is 1.00 e. The van der Waals surface area contributed by atoms with Crippen molar-refractivity contribution in [3.05, 3.63) is 0 Å². The molecule has 6 nitrogen and oxygen atoms in total. The van der Waals surface area contributed by atoms with Crippen LogP contribution in [0.2, 0.25) is 0 Å². The SMILES string of the molecule is N=[N+]=N.N=[N+]=N.[H-].[K+]. The first-order valence-corrected chi connectivity index (χ1v) is 0.894. The third kappa shape index (κ3) is 1720. The summed E-state index contributed by atoms with van der Waals surface area (Å²) in [6, 6.07) is 0. The molecule has 4 N–H and O–H groups in total. The summed E-state index contributed by atoms with van der Waals surface area (Å²) in [7, 11) is 0. The largest absolute Gasteiger partial charge is 1.00 e. The van der Waals surface area contributed by atoms with Crippen LogP contribution >= 0.6 is 0 Å². The summed E-state index contributed by atoms with van der Waals surface area (Å²) in [6.07, 6.45) is 0. The summed E-state index contributed by atoms with van der Waals surface area (Å²) in [5.74, 6) is 0. The second-order valence-corrected chi connectivity index (χ2v) is 0.224. The molecule has 0 heterocycles.